The van der Waals surface area contributed by atoms with E-state index < -0.39 is 6.10 Å². The third kappa shape index (κ3) is 3.41. The lowest BCUT2D eigenvalue weighted by molar-refractivity contribution is 0.167. The SMILES string of the molecule is Cc1ccc(C(O)CCc2ccsc2)c(Br)c1. The number of aliphatic hydroxyl groups excluding tert-OH is 1. The Bertz CT molecular complexity index is 479. The largest absolute Gasteiger partial charge is 0.388 e. The van der Waals surface area contributed by atoms with Crippen molar-refractivity contribution < 1.29 is 5.11 Å². The van der Waals surface area contributed by atoms with Crippen LogP contribution in [0.4, 0.5) is 0 Å². The van der Waals surface area contributed by atoms with Crippen LogP contribution in [-0.4, -0.2) is 5.11 Å². The lowest BCUT2D eigenvalue weighted by Gasteiger charge is -2.13. The monoisotopic (exact) mass is 310 g/mol. The molecule has 1 nitrogen and oxygen atoms in total. The van der Waals surface area contributed by atoms with Crippen LogP contribution in [-0.2, 0) is 6.42 Å². The van der Waals surface area contributed by atoms with E-state index >= 15 is 0 Å². The van der Waals surface area contributed by atoms with Gasteiger partial charge in [0, 0.05) is 4.47 Å². The Hall–Kier alpha value is -0.640. The molecule has 1 aromatic heterocycles. The summed E-state index contributed by atoms with van der Waals surface area (Å²) in [5.41, 5.74) is 3.48. The maximum atomic E-state index is 10.2. The average Bonchev–Trinajstić information content (AvgIpc) is 2.78. The predicted molar refractivity (Wildman–Crippen MR) is 76.5 cm³/mol. The summed E-state index contributed by atoms with van der Waals surface area (Å²) < 4.78 is 0.996. The van der Waals surface area contributed by atoms with Crippen molar-refractivity contribution in [3.63, 3.8) is 0 Å². The Balaban J connectivity index is 2.01. The van der Waals surface area contributed by atoms with E-state index in [0.29, 0.717) is 0 Å². The highest BCUT2D eigenvalue weighted by Crippen LogP contribution is 2.27. The molecule has 0 bridgehead atoms. The van der Waals surface area contributed by atoms with Gasteiger partial charge in [-0.15, -0.1) is 0 Å². The minimum atomic E-state index is -0.398. The summed E-state index contributed by atoms with van der Waals surface area (Å²) in [6.07, 6.45) is 1.29. The lowest BCUT2D eigenvalue weighted by Crippen LogP contribution is -2.00. The van der Waals surface area contributed by atoms with Crippen molar-refractivity contribution in [2.75, 3.05) is 0 Å². The van der Waals surface area contributed by atoms with Gasteiger partial charge in [0.25, 0.3) is 0 Å². The van der Waals surface area contributed by atoms with Crippen LogP contribution in [0.3, 0.4) is 0 Å². The van der Waals surface area contributed by atoms with Crippen molar-refractivity contribution in [2.45, 2.75) is 25.9 Å². The van der Waals surface area contributed by atoms with E-state index in [-0.39, 0.29) is 0 Å². The zero-order chi connectivity index (χ0) is 12.3. The standard InChI is InChI=1S/C14H15BrOS/c1-10-2-4-12(13(15)8-10)14(16)5-3-11-6-7-17-9-11/h2,4,6-9,14,16H,3,5H2,1H3. The Morgan fingerprint density at radius 1 is 1.35 bits per heavy atom. The van der Waals surface area contributed by atoms with E-state index in [4.69, 9.17) is 0 Å². The molecule has 0 saturated carbocycles. The summed E-state index contributed by atoms with van der Waals surface area (Å²) in [5, 5.41) is 14.4. The van der Waals surface area contributed by atoms with Gasteiger partial charge in [-0.1, -0.05) is 28.1 Å². The Morgan fingerprint density at radius 3 is 2.82 bits per heavy atom. The van der Waals surface area contributed by atoms with Gasteiger partial charge in [-0.25, -0.2) is 0 Å². The minimum Gasteiger partial charge on any atom is -0.388 e. The fourth-order valence-corrected chi connectivity index (χ4v) is 3.26. The summed E-state index contributed by atoms with van der Waals surface area (Å²) >= 11 is 5.21. The van der Waals surface area contributed by atoms with E-state index in [1.54, 1.807) is 11.3 Å². The van der Waals surface area contributed by atoms with E-state index in [1.807, 2.05) is 25.1 Å². The van der Waals surface area contributed by atoms with Gasteiger partial charge >= 0.3 is 0 Å². The molecule has 0 fully saturated rings. The van der Waals surface area contributed by atoms with Crippen LogP contribution >= 0.6 is 27.3 Å². The van der Waals surface area contributed by atoms with Crippen LogP contribution in [0, 0.1) is 6.92 Å². The highest BCUT2D eigenvalue weighted by atomic mass is 79.9. The Labute approximate surface area is 114 Å². The predicted octanol–water partition coefficient (Wildman–Crippen LogP) is 4.49. The number of rotatable bonds is 4. The molecule has 1 unspecified atom stereocenters. The smallest absolute Gasteiger partial charge is 0.0804 e. The van der Waals surface area contributed by atoms with Crippen LogP contribution in [0.1, 0.15) is 29.2 Å². The quantitative estimate of drug-likeness (QED) is 0.882. The summed E-state index contributed by atoms with van der Waals surface area (Å²) in [4.78, 5) is 0. The van der Waals surface area contributed by atoms with Crippen molar-refractivity contribution in [3.8, 4) is 0 Å². The second kappa shape index (κ2) is 5.80. The van der Waals surface area contributed by atoms with Gasteiger partial charge in [-0.05, 0) is 59.3 Å². The zero-order valence-electron chi connectivity index (χ0n) is 9.69. The molecule has 0 aliphatic carbocycles. The molecule has 1 heterocycles. The highest BCUT2D eigenvalue weighted by molar-refractivity contribution is 9.10. The molecule has 1 atom stereocenters. The molecule has 0 amide bonds. The van der Waals surface area contributed by atoms with Crippen LogP contribution in [0.15, 0.2) is 39.5 Å². The summed E-state index contributed by atoms with van der Waals surface area (Å²) in [7, 11) is 0. The van der Waals surface area contributed by atoms with E-state index in [2.05, 4.69) is 32.8 Å². The van der Waals surface area contributed by atoms with Gasteiger partial charge < -0.3 is 5.11 Å². The summed E-state index contributed by atoms with van der Waals surface area (Å²) in [5.74, 6) is 0. The average molecular weight is 311 g/mol. The fourth-order valence-electron chi connectivity index (χ4n) is 1.80. The Kier molecular flexibility index (Phi) is 4.37. The normalized spacial score (nSPS) is 12.6. The third-order valence-corrected chi connectivity index (χ3v) is 4.22. The first-order chi connectivity index (χ1) is 8.16. The second-order valence-corrected chi connectivity index (χ2v) is 5.85. The first-order valence-electron chi connectivity index (χ1n) is 5.62. The lowest BCUT2D eigenvalue weighted by atomic mass is 10.0. The molecule has 0 spiro atoms. The second-order valence-electron chi connectivity index (χ2n) is 4.21. The Morgan fingerprint density at radius 2 is 2.18 bits per heavy atom. The van der Waals surface area contributed by atoms with Crippen molar-refractivity contribution in [1.82, 2.24) is 0 Å². The zero-order valence-corrected chi connectivity index (χ0v) is 12.1. The van der Waals surface area contributed by atoms with Crippen molar-refractivity contribution in [2.24, 2.45) is 0 Å². The summed E-state index contributed by atoms with van der Waals surface area (Å²) in [6.45, 7) is 2.05. The highest BCUT2D eigenvalue weighted by Gasteiger charge is 2.11. The van der Waals surface area contributed by atoms with Gasteiger partial charge in [0.05, 0.1) is 6.10 Å². The third-order valence-electron chi connectivity index (χ3n) is 2.80. The first kappa shape index (κ1) is 12.8. The number of hydrogen-bond acceptors (Lipinski definition) is 2. The van der Waals surface area contributed by atoms with Gasteiger partial charge in [-0.2, -0.15) is 11.3 Å². The first-order valence-corrected chi connectivity index (χ1v) is 7.35. The van der Waals surface area contributed by atoms with Gasteiger partial charge in [0.15, 0.2) is 0 Å². The molecule has 0 aliphatic rings. The molecule has 1 aromatic carbocycles. The van der Waals surface area contributed by atoms with Gasteiger partial charge in [-0.3, -0.25) is 0 Å². The number of halogens is 1. The summed E-state index contributed by atoms with van der Waals surface area (Å²) in [6, 6.07) is 8.19. The number of aryl methyl sites for hydroxylation is 2. The number of thiophene rings is 1. The number of hydrogen-bond donors (Lipinski definition) is 1. The molecular formula is C14H15BrOS. The van der Waals surface area contributed by atoms with Gasteiger partial charge in [0.1, 0.15) is 0 Å². The maximum Gasteiger partial charge on any atom is 0.0804 e. The number of benzene rings is 1. The van der Waals surface area contributed by atoms with Crippen LogP contribution in [0.5, 0.6) is 0 Å². The maximum absolute atomic E-state index is 10.2. The molecule has 2 rings (SSSR count). The molecule has 17 heavy (non-hydrogen) atoms. The molecule has 0 aliphatic heterocycles. The van der Waals surface area contributed by atoms with Crippen molar-refractivity contribution >= 4 is 27.3 Å². The van der Waals surface area contributed by atoms with Gasteiger partial charge in [0.2, 0.25) is 0 Å². The molecule has 0 saturated heterocycles. The molecule has 90 valence electrons. The molecule has 3 heteroatoms. The molecule has 2 aromatic rings. The minimum absolute atomic E-state index is 0.398. The van der Waals surface area contributed by atoms with Crippen LogP contribution in [0.25, 0.3) is 0 Å². The van der Waals surface area contributed by atoms with E-state index in [1.165, 1.54) is 11.1 Å². The topological polar surface area (TPSA) is 20.2 Å². The number of aliphatic hydroxyl groups is 1. The van der Waals surface area contributed by atoms with Crippen LogP contribution < -0.4 is 0 Å². The van der Waals surface area contributed by atoms with Crippen LogP contribution in [0.2, 0.25) is 0 Å². The molecule has 0 radical (unpaired) electrons. The van der Waals surface area contributed by atoms with Crippen molar-refractivity contribution in [1.29, 1.82) is 0 Å². The molecular weight excluding hydrogens is 296 g/mol. The van der Waals surface area contributed by atoms with Crippen molar-refractivity contribution in [3.05, 3.63) is 56.2 Å². The van der Waals surface area contributed by atoms with E-state index in [9.17, 15) is 5.11 Å². The van der Waals surface area contributed by atoms with E-state index in [0.717, 1.165) is 22.9 Å². The molecule has 1 N–H and O–H groups in total. The fraction of sp³-hybridized carbons (Fsp3) is 0.286.